The van der Waals surface area contributed by atoms with Crippen LogP contribution in [0.15, 0.2) is 49.4 Å². The number of aromatic nitrogens is 1. The quantitative estimate of drug-likeness (QED) is 0.455. The maximum Gasteiger partial charge on any atom is 0.226 e. The third-order valence-electron chi connectivity index (χ3n) is 4.91. The van der Waals surface area contributed by atoms with Gasteiger partial charge in [0, 0.05) is 18.1 Å². The first kappa shape index (κ1) is 20.3. The van der Waals surface area contributed by atoms with Crippen molar-refractivity contribution in [2.24, 2.45) is 26.6 Å². The molecule has 1 aliphatic heterocycles. The van der Waals surface area contributed by atoms with Gasteiger partial charge in [-0.15, -0.1) is 10.2 Å². The predicted molar refractivity (Wildman–Crippen MR) is 107 cm³/mol. The predicted octanol–water partition coefficient (Wildman–Crippen LogP) is 5.87. The van der Waals surface area contributed by atoms with E-state index in [-0.39, 0.29) is 12.1 Å². The first-order valence-corrected chi connectivity index (χ1v) is 10.0. The Bertz CT molecular complexity index is 786. The fourth-order valence-electron chi connectivity index (χ4n) is 3.09. The lowest BCUT2D eigenvalue weighted by Gasteiger charge is -2.12. The fourth-order valence-corrected chi connectivity index (χ4v) is 3.09. The van der Waals surface area contributed by atoms with Crippen LogP contribution in [0.2, 0.25) is 0 Å². The van der Waals surface area contributed by atoms with Crippen molar-refractivity contribution in [1.29, 1.82) is 0 Å². The van der Waals surface area contributed by atoms with E-state index >= 15 is 0 Å². The molecule has 7 nitrogen and oxygen atoms in total. The van der Waals surface area contributed by atoms with Crippen molar-refractivity contribution in [1.82, 2.24) is 4.98 Å². The molecule has 0 saturated carbocycles. The van der Waals surface area contributed by atoms with Crippen LogP contribution in [-0.4, -0.2) is 24.4 Å². The smallest absolute Gasteiger partial charge is 0.226 e. The van der Waals surface area contributed by atoms with Crippen molar-refractivity contribution in [2.75, 3.05) is 13.2 Å². The minimum absolute atomic E-state index is 0.171. The van der Waals surface area contributed by atoms with Gasteiger partial charge in [-0.1, -0.05) is 37.5 Å². The number of nitrogens with zero attached hydrogens (tertiary/aromatic N) is 5. The van der Waals surface area contributed by atoms with Gasteiger partial charge in [0.05, 0.1) is 12.3 Å². The van der Waals surface area contributed by atoms with Gasteiger partial charge in [-0.05, 0) is 55.7 Å². The Morgan fingerprint density at radius 1 is 1.00 bits per heavy atom. The second kappa shape index (κ2) is 10.2. The molecule has 1 unspecified atom stereocenters. The molecule has 1 atom stereocenters. The highest BCUT2D eigenvalue weighted by atomic mass is 16.5. The van der Waals surface area contributed by atoms with Gasteiger partial charge in [-0.25, -0.2) is 4.98 Å². The van der Waals surface area contributed by atoms with Crippen LogP contribution >= 0.6 is 0 Å². The van der Waals surface area contributed by atoms with E-state index in [0.717, 1.165) is 61.6 Å². The standard InChI is InChI=1S/C21H29N5O2/c1-15-9-11-18(12-10-15)21-22-19(17(3)28-21)8-6-4-5-7-13-27-14-16(2)20-23-25-26-24-20/h9-12,16,20H,4-8,13-14H2,1-3H3. The molecule has 0 spiro atoms. The van der Waals surface area contributed by atoms with Crippen LogP contribution in [-0.2, 0) is 11.2 Å². The number of ether oxygens (including phenoxy) is 1. The third kappa shape index (κ3) is 5.79. The van der Waals surface area contributed by atoms with Crippen LogP contribution in [0.5, 0.6) is 0 Å². The second-order valence-electron chi connectivity index (χ2n) is 7.43. The highest BCUT2D eigenvalue weighted by Gasteiger charge is 2.18. The van der Waals surface area contributed by atoms with Crippen LogP contribution < -0.4 is 0 Å². The van der Waals surface area contributed by atoms with Crippen LogP contribution in [0.1, 0.15) is 49.6 Å². The Labute approximate surface area is 166 Å². The van der Waals surface area contributed by atoms with Crippen LogP contribution in [0, 0.1) is 19.8 Å². The van der Waals surface area contributed by atoms with E-state index in [9.17, 15) is 0 Å². The number of rotatable bonds is 11. The molecule has 28 heavy (non-hydrogen) atoms. The van der Waals surface area contributed by atoms with Gasteiger partial charge in [-0.2, -0.15) is 0 Å². The van der Waals surface area contributed by atoms with Crippen molar-refractivity contribution in [3.05, 3.63) is 41.3 Å². The summed E-state index contributed by atoms with van der Waals surface area (Å²) >= 11 is 0. The summed E-state index contributed by atoms with van der Waals surface area (Å²) in [6.45, 7) is 7.54. The average Bonchev–Trinajstić information content (AvgIpc) is 3.35. The van der Waals surface area contributed by atoms with E-state index in [1.54, 1.807) is 0 Å². The minimum Gasteiger partial charge on any atom is -0.441 e. The Kier molecular flexibility index (Phi) is 7.42. The SMILES string of the molecule is Cc1ccc(-c2nc(CCCCCCOCC(C)C3N=NN=N3)c(C)o2)cc1. The molecule has 7 heteroatoms. The summed E-state index contributed by atoms with van der Waals surface area (Å²) < 4.78 is 11.6. The van der Waals surface area contributed by atoms with Gasteiger partial charge in [0.25, 0.3) is 0 Å². The van der Waals surface area contributed by atoms with Crippen molar-refractivity contribution in [3.8, 4) is 11.5 Å². The van der Waals surface area contributed by atoms with E-state index in [1.165, 1.54) is 5.56 Å². The molecule has 0 amide bonds. The normalized spacial score (nSPS) is 14.8. The van der Waals surface area contributed by atoms with Crippen molar-refractivity contribution < 1.29 is 9.15 Å². The summed E-state index contributed by atoms with van der Waals surface area (Å²) in [6.07, 6.45) is 5.27. The number of hydrogen-bond acceptors (Lipinski definition) is 7. The van der Waals surface area contributed by atoms with E-state index in [2.05, 4.69) is 63.8 Å². The average molecular weight is 383 g/mol. The van der Waals surface area contributed by atoms with Gasteiger partial charge in [0.2, 0.25) is 5.89 Å². The zero-order valence-corrected chi connectivity index (χ0v) is 17.0. The first-order valence-electron chi connectivity index (χ1n) is 10.0. The van der Waals surface area contributed by atoms with Gasteiger partial charge in [0.1, 0.15) is 5.76 Å². The van der Waals surface area contributed by atoms with Gasteiger partial charge in [-0.3, -0.25) is 0 Å². The Balaban J connectivity index is 1.29. The van der Waals surface area contributed by atoms with Crippen molar-refractivity contribution in [3.63, 3.8) is 0 Å². The second-order valence-corrected chi connectivity index (χ2v) is 7.43. The first-order chi connectivity index (χ1) is 13.6. The van der Waals surface area contributed by atoms with Crippen LogP contribution in [0.3, 0.4) is 0 Å². The van der Waals surface area contributed by atoms with Crippen LogP contribution in [0.25, 0.3) is 11.5 Å². The number of oxazole rings is 1. The molecule has 150 valence electrons. The third-order valence-corrected chi connectivity index (χ3v) is 4.91. The maximum absolute atomic E-state index is 5.86. The van der Waals surface area contributed by atoms with E-state index < -0.39 is 0 Å². The number of hydrogen-bond donors (Lipinski definition) is 0. The van der Waals surface area contributed by atoms with Gasteiger partial charge in [0.15, 0.2) is 6.17 Å². The molecular weight excluding hydrogens is 354 g/mol. The van der Waals surface area contributed by atoms with Crippen LogP contribution in [0.4, 0.5) is 0 Å². The zero-order chi connectivity index (χ0) is 19.8. The van der Waals surface area contributed by atoms with Crippen molar-refractivity contribution in [2.45, 2.75) is 59.0 Å². The number of unbranched alkanes of at least 4 members (excludes halogenated alkanes) is 3. The van der Waals surface area contributed by atoms with Gasteiger partial charge < -0.3 is 9.15 Å². The summed E-state index contributed by atoms with van der Waals surface area (Å²) in [5.41, 5.74) is 3.34. The maximum atomic E-state index is 5.86. The summed E-state index contributed by atoms with van der Waals surface area (Å²) in [7, 11) is 0. The lowest BCUT2D eigenvalue weighted by molar-refractivity contribution is 0.0938. The van der Waals surface area contributed by atoms with Crippen molar-refractivity contribution >= 4 is 0 Å². The molecule has 1 aliphatic rings. The molecule has 1 aromatic carbocycles. The molecule has 2 heterocycles. The number of aryl methyl sites for hydroxylation is 3. The molecule has 3 rings (SSSR count). The molecule has 0 bridgehead atoms. The highest BCUT2D eigenvalue weighted by Crippen LogP contribution is 2.23. The zero-order valence-electron chi connectivity index (χ0n) is 17.0. The molecule has 1 aromatic heterocycles. The lowest BCUT2D eigenvalue weighted by atomic mass is 10.1. The van der Waals surface area contributed by atoms with E-state index in [4.69, 9.17) is 9.15 Å². The molecule has 0 saturated heterocycles. The molecule has 0 aliphatic carbocycles. The summed E-state index contributed by atoms with van der Waals surface area (Å²) in [5.74, 6) is 1.86. The Morgan fingerprint density at radius 3 is 2.46 bits per heavy atom. The molecule has 0 N–H and O–H groups in total. The molecule has 2 aromatic rings. The summed E-state index contributed by atoms with van der Waals surface area (Å²) in [4.78, 5) is 4.69. The Morgan fingerprint density at radius 2 is 1.71 bits per heavy atom. The monoisotopic (exact) mass is 383 g/mol. The molecule has 0 radical (unpaired) electrons. The Hall–Kier alpha value is -2.41. The number of benzene rings is 1. The topological polar surface area (TPSA) is 84.7 Å². The molecule has 0 fully saturated rings. The largest absolute Gasteiger partial charge is 0.441 e. The van der Waals surface area contributed by atoms with E-state index in [0.29, 0.717) is 6.61 Å². The highest BCUT2D eigenvalue weighted by molar-refractivity contribution is 5.54. The van der Waals surface area contributed by atoms with Gasteiger partial charge >= 0.3 is 0 Å². The molecular formula is C21H29N5O2. The summed E-state index contributed by atoms with van der Waals surface area (Å²) in [5, 5.41) is 14.9. The van der Waals surface area contributed by atoms with E-state index in [1.807, 2.05) is 6.92 Å². The summed E-state index contributed by atoms with van der Waals surface area (Å²) in [6, 6.07) is 8.28. The minimum atomic E-state index is -0.171. The lowest BCUT2D eigenvalue weighted by Crippen LogP contribution is -2.17. The fraction of sp³-hybridized carbons (Fsp3) is 0.571.